The molecule has 1 aliphatic carbocycles. The molecular weight excluding hydrogens is 376 g/mol. The Morgan fingerprint density at radius 3 is 3.00 bits per heavy atom. The summed E-state index contributed by atoms with van der Waals surface area (Å²) in [6.45, 7) is 0. The highest BCUT2D eigenvalue weighted by Gasteiger charge is 2.36. The van der Waals surface area contributed by atoms with E-state index in [1.165, 1.54) is 0 Å². The Hall–Kier alpha value is -2.48. The molecule has 0 spiro atoms. The number of carboxylic acid groups (broad SMARTS) is 1. The summed E-state index contributed by atoms with van der Waals surface area (Å²) in [6, 6.07) is 3.72. The summed E-state index contributed by atoms with van der Waals surface area (Å²) in [5.74, 6) is -1.24. The second kappa shape index (κ2) is 5.55. The van der Waals surface area contributed by atoms with Crippen molar-refractivity contribution in [2.45, 2.75) is 18.9 Å². The van der Waals surface area contributed by atoms with Crippen molar-refractivity contribution in [3.05, 3.63) is 40.4 Å². The number of carbonyl (C=O) groups excluding carboxylic acids is 1. The Balaban J connectivity index is 1.57. The van der Waals surface area contributed by atoms with Crippen LogP contribution in [0.4, 0.5) is 5.69 Å². The number of amides is 1. The van der Waals surface area contributed by atoms with Crippen molar-refractivity contribution < 1.29 is 14.7 Å². The number of pyridine rings is 1. The van der Waals surface area contributed by atoms with Crippen LogP contribution in [0.15, 0.2) is 29.0 Å². The van der Waals surface area contributed by atoms with Gasteiger partial charge in [-0.15, -0.1) is 0 Å². The van der Waals surface area contributed by atoms with Crippen molar-refractivity contribution in [1.29, 1.82) is 0 Å². The highest BCUT2D eigenvalue weighted by molar-refractivity contribution is 9.10. The van der Waals surface area contributed by atoms with Gasteiger partial charge in [-0.25, -0.2) is 0 Å². The molecule has 1 aliphatic heterocycles. The molecule has 0 saturated heterocycles. The lowest BCUT2D eigenvalue weighted by atomic mass is 9.80. The van der Waals surface area contributed by atoms with E-state index in [0.717, 1.165) is 4.47 Å². The minimum Gasteiger partial charge on any atom is -0.481 e. The largest absolute Gasteiger partial charge is 0.481 e. The van der Waals surface area contributed by atoms with E-state index in [9.17, 15) is 9.59 Å². The number of aromatic nitrogens is 3. The SMILES string of the molecule is O=C1Nc2cc(Br)cnc2/C1=C/c1ccn(C2CC(C(=O)O)C2)n1. The van der Waals surface area contributed by atoms with Crippen LogP contribution in [0, 0.1) is 5.92 Å². The summed E-state index contributed by atoms with van der Waals surface area (Å²) in [4.78, 5) is 27.3. The van der Waals surface area contributed by atoms with Crippen molar-refractivity contribution >= 4 is 45.1 Å². The van der Waals surface area contributed by atoms with Gasteiger partial charge in [-0.3, -0.25) is 19.3 Å². The molecule has 0 bridgehead atoms. The fraction of sp³-hybridized carbons (Fsp3) is 0.250. The third-order valence-corrected chi connectivity index (χ3v) is 4.79. The zero-order valence-electron chi connectivity index (χ0n) is 12.4. The highest BCUT2D eigenvalue weighted by atomic mass is 79.9. The minimum absolute atomic E-state index is 0.108. The molecule has 1 saturated carbocycles. The Labute approximate surface area is 145 Å². The number of fused-ring (bicyclic) bond motifs is 1. The number of hydrogen-bond donors (Lipinski definition) is 2. The zero-order chi connectivity index (χ0) is 16.8. The predicted molar refractivity (Wildman–Crippen MR) is 90.1 cm³/mol. The Morgan fingerprint density at radius 1 is 1.46 bits per heavy atom. The first kappa shape index (κ1) is 15.1. The van der Waals surface area contributed by atoms with Crippen molar-refractivity contribution in [2.75, 3.05) is 5.32 Å². The third kappa shape index (κ3) is 2.52. The van der Waals surface area contributed by atoms with Gasteiger partial charge in [0.2, 0.25) is 0 Å². The van der Waals surface area contributed by atoms with Crippen LogP contribution in [0.25, 0.3) is 11.6 Å². The van der Waals surface area contributed by atoms with Gasteiger partial charge >= 0.3 is 5.97 Å². The molecule has 1 amide bonds. The van der Waals surface area contributed by atoms with E-state index in [4.69, 9.17) is 5.11 Å². The van der Waals surface area contributed by atoms with Gasteiger partial charge in [0.25, 0.3) is 5.91 Å². The van der Waals surface area contributed by atoms with Crippen LogP contribution in [-0.4, -0.2) is 31.7 Å². The van der Waals surface area contributed by atoms with Gasteiger partial charge in [0.1, 0.15) is 0 Å². The quantitative estimate of drug-likeness (QED) is 0.787. The second-order valence-electron chi connectivity index (χ2n) is 5.94. The molecule has 0 aromatic carbocycles. The van der Waals surface area contributed by atoms with Crippen LogP contribution < -0.4 is 5.32 Å². The molecule has 8 heteroatoms. The normalized spacial score (nSPS) is 23.7. The van der Waals surface area contributed by atoms with Crippen LogP contribution in [-0.2, 0) is 9.59 Å². The van der Waals surface area contributed by atoms with E-state index in [-0.39, 0.29) is 17.9 Å². The van der Waals surface area contributed by atoms with Gasteiger partial charge in [0, 0.05) is 16.9 Å². The first-order valence-corrected chi connectivity index (χ1v) is 8.27. The van der Waals surface area contributed by atoms with Gasteiger partial charge in [-0.05, 0) is 47.0 Å². The van der Waals surface area contributed by atoms with Crippen LogP contribution in [0.3, 0.4) is 0 Å². The molecule has 3 heterocycles. The molecule has 1 fully saturated rings. The van der Waals surface area contributed by atoms with Crippen molar-refractivity contribution in [3.8, 4) is 0 Å². The fourth-order valence-corrected chi connectivity index (χ4v) is 3.30. The van der Waals surface area contributed by atoms with Crippen molar-refractivity contribution in [2.24, 2.45) is 5.92 Å². The molecular formula is C16H13BrN4O3. The van der Waals surface area contributed by atoms with Crippen LogP contribution in [0.1, 0.15) is 30.3 Å². The van der Waals surface area contributed by atoms with E-state index in [0.29, 0.717) is 35.5 Å². The topological polar surface area (TPSA) is 97.1 Å². The van der Waals surface area contributed by atoms with Gasteiger partial charge in [0.05, 0.1) is 34.6 Å². The maximum absolute atomic E-state index is 12.1. The number of rotatable bonds is 3. The average Bonchev–Trinajstić information content (AvgIpc) is 3.03. The van der Waals surface area contributed by atoms with E-state index in [1.807, 2.05) is 12.3 Å². The Bertz CT molecular complexity index is 883. The molecule has 24 heavy (non-hydrogen) atoms. The Kier molecular flexibility index (Phi) is 3.49. The lowest BCUT2D eigenvalue weighted by Gasteiger charge is -2.32. The standard InChI is InChI=1S/C16H13BrN4O3/c17-9-5-13-14(18-7-9)12(15(22)19-13)6-10-1-2-21(20-10)11-3-8(4-11)16(23)24/h1-2,5-8,11H,3-4H2,(H,19,22)(H,23,24)/b12-6-. The molecule has 2 N–H and O–H groups in total. The number of hydrogen-bond acceptors (Lipinski definition) is 4. The lowest BCUT2D eigenvalue weighted by Crippen LogP contribution is -2.32. The van der Waals surface area contributed by atoms with Crippen molar-refractivity contribution in [3.63, 3.8) is 0 Å². The summed E-state index contributed by atoms with van der Waals surface area (Å²) in [5, 5.41) is 16.2. The van der Waals surface area contributed by atoms with E-state index < -0.39 is 5.97 Å². The van der Waals surface area contributed by atoms with Gasteiger partial charge in [-0.2, -0.15) is 5.10 Å². The van der Waals surface area contributed by atoms with Gasteiger partial charge in [-0.1, -0.05) is 0 Å². The smallest absolute Gasteiger partial charge is 0.306 e. The molecule has 7 nitrogen and oxygen atoms in total. The van der Waals surface area contributed by atoms with Crippen molar-refractivity contribution in [1.82, 2.24) is 14.8 Å². The molecule has 0 radical (unpaired) electrons. The maximum Gasteiger partial charge on any atom is 0.306 e. The van der Waals surface area contributed by atoms with Crippen LogP contribution >= 0.6 is 15.9 Å². The van der Waals surface area contributed by atoms with E-state index >= 15 is 0 Å². The number of nitrogens with zero attached hydrogens (tertiary/aromatic N) is 3. The molecule has 122 valence electrons. The van der Waals surface area contributed by atoms with Crippen LogP contribution in [0.5, 0.6) is 0 Å². The summed E-state index contributed by atoms with van der Waals surface area (Å²) < 4.78 is 2.57. The fourth-order valence-electron chi connectivity index (χ4n) is 2.97. The van der Waals surface area contributed by atoms with E-state index in [2.05, 4.69) is 31.3 Å². The summed E-state index contributed by atoms with van der Waals surface area (Å²) >= 11 is 3.33. The van der Waals surface area contributed by atoms with E-state index in [1.54, 1.807) is 23.0 Å². The van der Waals surface area contributed by atoms with Gasteiger partial charge in [0.15, 0.2) is 0 Å². The summed E-state index contributed by atoms with van der Waals surface area (Å²) in [5.41, 5.74) is 2.40. The predicted octanol–water partition coefficient (Wildman–Crippen LogP) is 2.57. The number of halogens is 1. The minimum atomic E-state index is -0.753. The molecule has 4 rings (SSSR count). The molecule has 0 atom stereocenters. The lowest BCUT2D eigenvalue weighted by molar-refractivity contribution is -0.146. The first-order chi connectivity index (χ1) is 11.5. The summed E-state index contributed by atoms with van der Waals surface area (Å²) in [6.07, 6.45) is 6.34. The highest BCUT2D eigenvalue weighted by Crippen LogP contribution is 2.38. The first-order valence-electron chi connectivity index (χ1n) is 7.48. The third-order valence-electron chi connectivity index (χ3n) is 4.36. The zero-order valence-corrected chi connectivity index (χ0v) is 14.0. The Morgan fingerprint density at radius 2 is 2.25 bits per heavy atom. The summed E-state index contributed by atoms with van der Waals surface area (Å²) in [7, 11) is 0. The number of anilines is 1. The van der Waals surface area contributed by atoms with Crippen LogP contribution in [0.2, 0.25) is 0 Å². The molecule has 2 aromatic heterocycles. The average molecular weight is 389 g/mol. The molecule has 2 aliphatic rings. The second-order valence-corrected chi connectivity index (χ2v) is 6.86. The number of carbonyl (C=O) groups is 2. The molecule has 0 unspecified atom stereocenters. The van der Waals surface area contributed by atoms with Gasteiger partial charge < -0.3 is 10.4 Å². The monoisotopic (exact) mass is 388 g/mol. The number of nitrogens with one attached hydrogen (secondary N) is 1. The number of aliphatic carboxylic acids is 1. The maximum atomic E-state index is 12.1. The molecule has 2 aromatic rings. The number of carboxylic acids is 1.